The Balaban J connectivity index is 0.853. The van der Waals surface area contributed by atoms with Gasteiger partial charge in [0, 0.05) is 98.1 Å². The Morgan fingerprint density at radius 2 is 0.743 bits per heavy atom. The van der Waals surface area contributed by atoms with Gasteiger partial charge in [0.15, 0.2) is 0 Å². The Bertz CT molecular complexity index is 4640. The molecule has 332 valence electrons. The van der Waals surface area contributed by atoms with Crippen molar-refractivity contribution in [1.82, 2.24) is 0 Å². The van der Waals surface area contributed by atoms with E-state index in [-0.39, 0.29) is 0 Å². The lowest BCUT2D eigenvalue weighted by molar-refractivity contribution is 0.662. The summed E-state index contributed by atoms with van der Waals surface area (Å²) >= 11 is 3.69. The quantitative estimate of drug-likeness (QED) is 0.159. The SMILES string of the molecule is CCc1ccccc1N(c1ccc2c(c1)oc1cc3c(cc12)oc1cc2c(cc13)oc1cc(N(c3ccccc3C)c3cccc4c3sc3ccccc34)ccc12)c1cccc2c1sc1ccccc12. The first-order valence-electron chi connectivity index (χ1n) is 23.8. The molecule has 5 heterocycles. The molecular weight excluding hydrogens is 897 g/mol. The summed E-state index contributed by atoms with van der Waals surface area (Å²) in [5.41, 5.74) is 14.0. The van der Waals surface area contributed by atoms with Crippen LogP contribution >= 0.6 is 22.7 Å². The molecule has 0 amide bonds. The lowest BCUT2D eigenvalue weighted by Gasteiger charge is -2.28. The van der Waals surface area contributed by atoms with Crippen LogP contribution in [0.2, 0.25) is 0 Å². The molecule has 10 aromatic carbocycles. The van der Waals surface area contributed by atoms with E-state index in [1.165, 1.54) is 51.5 Å². The van der Waals surface area contributed by atoms with Gasteiger partial charge in [0.05, 0.1) is 20.8 Å². The van der Waals surface area contributed by atoms with Gasteiger partial charge in [0.2, 0.25) is 0 Å². The number of thiophene rings is 2. The summed E-state index contributed by atoms with van der Waals surface area (Å²) in [6.45, 7) is 4.41. The number of furan rings is 3. The van der Waals surface area contributed by atoms with Crippen LogP contribution in [-0.4, -0.2) is 0 Å². The fourth-order valence-electron chi connectivity index (χ4n) is 11.0. The van der Waals surface area contributed by atoms with Crippen LogP contribution in [0.1, 0.15) is 18.1 Å². The van der Waals surface area contributed by atoms with E-state index in [9.17, 15) is 0 Å². The Morgan fingerprint density at radius 1 is 0.343 bits per heavy atom. The summed E-state index contributed by atoms with van der Waals surface area (Å²) in [7, 11) is 0. The maximum Gasteiger partial charge on any atom is 0.137 e. The van der Waals surface area contributed by atoms with Gasteiger partial charge in [0.1, 0.15) is 33.5 Å². The van der Waals surface area contributed by atoms with Crippen molar-refractivity contribution in [2.45, 2.75) is 20.3 Å². The molecule has 70 heavy (non-hydrogen) atoms. The first-order valence-corrected chi connectivity index (χ1v) is 25.4. The average molecular weight is 937 g/mol. The zero-order chi connectivity index (χ0) is 46.2. The minimum Gasteiger partial charge on any atom is -0.456 e. The smallest absolute Gasteiger partial charge is 0.137 e. The topological polar surface area (TPSA) is 45.9 Å². The molecule has 0 bridgehead atoms. The predicted octanol–water partition coefficient (Wildman–Crippen LogP) is 19.9. The number of aryl methyl sites for hydroxylation is 2. The highest BCUT2D eigenvalue weighted by molar-refractivity contribution is 7.26. The summed E-state index contributed by atoms with van der Waals surface area (Å²) in [6, 6.07) is 69.8. The predicted molar refractivity (Wildman–Crippen MR) is 298 cm³/mol. The van der Waals surface area contributed by atoms with Gasteiger partial charge in [-0.1, -0.05) is 104 Å². The van der Waals surface area contributed by atoms with E-state index in [4.69, 9.17) is 13.3 Å². The van der Waals surface area contributed by atoms with Crippen LogP contribution in [0.3, 0.4) is 0 Å². The molecule has 0 aliphatic rings. The van der Waals surface area contributed by atoms with E-state index in [0.29, 0.717) is 0 Å². The van der Waals surface area contributed by atoms with Crippen LogP contribution < -0.4 is 9.80 Å². The summed E-state index contributed by atoms with van der Waals surface area (Å²) in [4.78, 5) is 4.80. The number of hydrogen-bond donors (Lipinski definition) is 0. The maximum absolute atomic E-state index is 6.84. The lowest BCUT2D eigenvalue weighted by Crippen LogP contribution is -2.12. The van der Waals surface area contributed by atoms with Crippen molar-refractivity contribution in [3.05, 3.63) is 205 Å². The van der Waals surface area contributed by atoms with Gasteiger partial charge in [-0.2, -0.15) is 0 Å². The van der Waals surface area contributed by atoms with E-state index in [2.05, 4.69) is 218 Å². The molecule has 0 spiro atoms. The largest absolute Gasteiger partial charge is 0.456 e. The third-order valence-corrected chi connectivity index (χ3v) is 16.8. The number of anilines is 6. The highest BCUT2D eigenvalue weighted by Crippen LogP contribution is 2.49. The molecule has 15 rings (SSSR count). The Hall–Kier alpha value is -8.36. The maximum atomic E-state index is 6.84. The molecule has 0 N–H and O–H groups in total. The fraction of sp³-hybridized carbons (Fsp3) is 0.0476. The summed E-state index contributed by atoms with van der Waals surface area (Å²) < 4.78 is 25.5. The van der Waals surface area contributed by atoms with Crippen LogP contribution in [0.4, 0.5) is 34.1 Å². The molecule has 0 fully saturated rings. The van der Waals surface area contributed by atoms with Crippen LogP contribution in [0.25, 0.3) is 106 Å². The van der Waals surface area contributed by atoms with Gasteiger partial charge in [-0.25, -0.2) is 0 Å². The molecule has 0 atom stereocenters. The number of hydrogen-bond acceptors (Lipinski definition) is 7. The highest BCUT2D eigenvalue weighted by Gasteiger charge is 2.24. The number of fused-ring (bicyclic) bond motifs is 15. The minimum absolute atomic E-state index is 0.812. The Kier molecular flexibility index (Phi) is 8.53. The molecule has 0 saturated carbocycles. The van der Waals surface area contributed by atoms with Gasteiger partial charge >= 0.3 is 0 Å². The highest BCUT2D eigenvalue weighted by atomic mass is 32.1. The normalized spacial score (nSPS) is 12.2. The monoisotopic (exact) mass is 936 g/mol. The molecule has 0 aliphatic carbocycles. The Labute approximate surface area is 409 Å². The zero-order valence-corrected chi connectivity index (χ0v) is 39.8. The molecule has 5 nitrogen and oxygen atoms in total. The Morgan fingerprint density at radius 3 is 1.26 bits per heavy atom. The van der Waals surface area contributed by atoms with E-state index in [1.807, 2.05) is 22.7 Å². The molecule has 5 aromatic heterocycles. The van der Waals surface area contributed by atoms with Crippen molar-refractivity contribution in [2.24, 2.45) is 0 Å². The van der Waals surface area contributed by atoms with Gasteiger partial charge < -0.3 is 23.1 Å². The number of benzene rings is 10. The first-order chi connectivity index (χ1) is 34.5. The van der Waals surface area contributed by atoms with E-state index in [1.54, 1.807) is 0 Å². The standard InChI is InChI=1S/C63H40N2O3S2/c1-3-37-15-5-9-21-51(37)65(53-23-13-19-45-43-17-7-11-25-61(43)70-63(45)53)39-27-29-41-47-33-59-49(35-57(47)67-55(41)31-39)48-34-56-46(32-58(48)68-59)40-28-26-38(30-54(40)66-56)64(50-20-8-4-14-36(50)2)52-22-12-18-44-42-16-6-10-24-60(42)69-62(44)52/h4-35H,3H2,1-2H3. The molecule has 0 radical (unpaired) electrons. The summed E-state index contributed by atoms with van der Waals surface area (Å²) in [6.07, 6.45) is 0.911. The lowest BCUT2D eigenvalue weighted by atomic mass is 10.0. The second kappa shape index (κ2) is 15.1. The van der Waals surface area contributed by atoms with Crippen molar-refractivity contribution < 1.29 is 13.3 Å². The third kappa shape index (κ3) is 5.82. The van der Waals surface area contributed by atoms with Crippen molar-refractivity contribution >= 4 is 163 Å². The molecular formula is C63H40N2O3S2. The van der Waals surface area contributed by atoms with Crippen LogP contribution in [0, 0.1) is 6.92 Å². The van der Waals surface area contributed by atoms with Crippen LogP contribution in [0.15, 0.2) is 207 Å². The molecule has 0 aliphatic heterocycles. The van der Waals surface area contributed by atoms with Crippen molar-refractivity contribution in [3.63, 3.8) is 0 Å². The van der Waals surface area contributed by atoms with Crippen molar-refractivity contribution in [3.8, 4) is 0 Å². The fourth-order valence-corrected chi connectivity index (χ4v) is 13.5. The van der Waals surface area contributed by atoms with Gasteiger partial charge in [0.25, 0.3) is 0 Å². The van der Waals surface area contributed by atoms with Crippen LogP contribution in [0.5, 0.6) is 0 Å². The summed E-state index contributed by atoms with van der Waals surface area (Å²) in [5, 5.41) is 11.2. The number of nitrogens with zero attached hydrogens (tertiary/aromatic N) is 2. The van der Waals surface area contributed by atoms with Gasteiger partial charge in [-0.15, -0.1) is 22.7 Å². The van der Waals surface area contributed by atoms with E-state index >= 15 is 0 Å². The first kappa shape index (κ1) is 39.6. The van der Waals surface area contributed by atoms with E-state index < -0.39 is 0 Å². The van der Waals surface area contributed by atoms with Gasteiger partial charge in [-0.05, 0) is 109 Å². The number of para-hydroxylation sites is 2. The molecule has 0 unspecified atom stereocenters. The summed E-state index contributed by atoms with van der Waals surface area (Å²) in [5.74, 6) is 0. The van der Waals surface area contributed by atoms with Crippen molar-refractivity contribution in [1.29, 1.82) is 0 Å². The number of rotatable bonds is 7. The molecule has 0 saturated heterocycles. The van der Waals surface area contributed by atoms with Crippen molar-refractivity contribution in [2.75, 3.05) is 9.80 Å². The second-order valence-electron chi connectivity index (χ2n) is 18.3. The molecule has 15 aromatic rings. The second-order valence-corrected chi connectivity index (χ2v) is 20.4. The zero-order valence-electron chi connectivity index (χ0n) is 38.1. The third-order valence-electron chi connectivity index (χ3n) is 14.4. The average Bonchev–Trinajstić information content (AvgIpc) is 4.22. The minimum atomic E-state index is 0.812. The van der Waals surface area contributed by atoms with E-state index in [0.717, 1.165) is 106 Å². The van der Waals surface area contributed by atoms with Gasteiger partial charge in [-0.3, -0.25) is 0 Å². The molecule has 7 heteroatoms. The van der Waals surface area contributed by atoms with Crippen LogP contribution in [-0.2, 0) is 6.42 Å².